The average molecular weight is 745 g/mol. The molecular formula is C55H40N2O. The molecule has 0 atom stereocenters. The molecule has 0 saturated carbocycles. The second kappa shape index (κ2) is 12.4. The Morgan fingerprint density at radius 3 is 2.05 bits per heavy atom. The van der Waals surface area contributed by atoms with Gasteiger partial charge in [-0.1, -0.05) is 129 Å². The van der Waals surface area contributed by atoms with E-state index in [1.165, 1.54) is 77.4 Å². The van der Waals surface area contributed by atoms with Crippen LogP contribution in [-0.4, -0.2) is 4.57 Å². The molecule has 276 valence electrons. The summed E-state index contributed by atoms with van der Waals surface area (Å²) in [6.45, 7) is 4.74. The molecule has 2 heterocycles. The van der Waals surface area contributed by atoms with Gasteiger partial charge in [-0.2, -0.15) is 0 Å². The molecule has 0 N–H and O–H groups in total. The SMILES string of the molecule is CC1(C)c2ccccc2-c2ccc(N(C3=C(c4ccc5oc6cc7ccccc7cc6c5c4)C=CCC3)c3cccc(-n4c5ccccc5c5ccccc54)c3)cc21. The van der Waals surface area contributed by atoms with Gasteiger partial charge < -0.3 is 13.9 Å². The van der Waals surface area contributed by atoms with Gasteiger partial charge in [0.25, 0.3) is 0 Å². The van der Waals surface area contributed by atoms with Crippen LogP contribution in [0, 0.1) is 0 Å². The van der Waals surface area contributed by atoms with Gasteiger partial charge in [0.1, 0.15) is 11.2 Å². The van der Waals surface area contributed by atoms with Crippen LogP contribution in [0.2, 0.25) is 0 Å². The number of furan rings is 1. The number of hydrogen-bond donors (Lipinski definition) is 0. The number of rotatable bonds is 5. The van der Waals surface area contributed by atoms with Crippen molar-refractivity contribution in [2.45, 2.75) is 32.1 Å². The Hall–Kier alpha value is -7.10. The number of para-hydroxylation sites is 2. The van der Waals surface area contributed by atoms with E-state index in [0.717, 1.165) is 46.2 Å². The second-order valence-electron chi connectivity index (χ2n) is 16.4. The Kier molecular flexibility index (Phi) is 7.10. The first-order chi connectivity index (χ1) is 28.5. The van der Waals surface area contributed by atoms with E-state index in [-0.39, 0.29) is 5.41 Å². The van der Waals surface area contributed by atoms with Gasteiger partial charge in [-0.05, 0) is 118 Å². The fourth-order valence-electron chi connectivity index (χ4n) is 10.0. The molecule has 58 heavy (non-hydrogen) atoms. The van der Waals surface area contributed by atoms with Crippen molar-refractivity contribution in [3.8, 4) is 16.8 Å². The summed E-state index contributed by atoms with van der Waals surface area (Å²) >= 11 is 0. The van der Waals surface area contributed by atoms with E-state index in [1.807, 2.05) is 0 Å². The molecule has 10 aromatic rings. The van der Waals surface area contributed by atoms with Crippen LogP contribution < -0.4 is 4.90 Å². The van der Waals surface area contributed by atoms with Crippen molar-refractivity contribution >= 4 is 71.5 Å². The van der Waals surface area contributed by atoms with Gasteiger partial charge in [0.2, 0.25) is 0 Å². The van der Waals surface area contributed by atoms with Gasteiger partial charge in [-0.3, -0.25) is 0 Å². The number of hydrogen-bond acceptors (Lipinski definition) is 2. The molecule has 0 amide bonds. The van der Waals surface area contributed by atoms with Crippen molar-refractivity contribution in [1.82, 2.24) is 4.57 Å². The van der Waals surface area contributed by atoms with Gasteiger partial charge >= 0.3 is 0 Å². The molecule has 8 aromatic carbocycles. The highest BCUT2D eigenvalue weighted by Crippen LogP contribution is 2.51. The zero-order valence-corrected chi connectivity index (χ0v) is 32.5. The second-order valence-corrected chi connectivity index (χ2v) is 16.4. The highest BCUT2D eigenvalue weighted by Gasteiger charge is 2.36. The van der Waals surface area contributed by atoms with Crippen molar-refractivity contribution in [2.75, 3.05) is 4.90 Å². The minimum atomic E-state index is -0.125. The molecule has 12 rings (SSSR count). The minimum Gasteiger partial charge on any atom is -0.456 e. The van der Waals surface area contributed by atoms with Crippen LogP contribution in [-0.2, 0) is 5.41 Å². The summed E-state index contributed by atoms with van der Waals surface area (Å²) in [5.41, 5.74) is 16.7. The highest BCUT2D eigenvalue weighted by molar-refractivity contribution is 6.11. The van der Waals surface area contributed by atoms with Gasteiger partial charge in [0.05, 0.1) is 11.0 Å². The minimum absolute atomic E-state index is 0.125. The third kappa shape index (κ3) is 4.86. The summed E-state index contributed by atoms with van der Waals surface area (Å²) in [5, 5.41) is 7.22. The first kappa shape index (κ1) is 33.1. The molecule has 2 aromatic heterocycles. The predicted octanol–water partition coefficient (Wildman–Crippen LogP) is 15.0. The molecule has 0 unspecified atom stereocenters. The van der Waals surface area contributed by atoms with E-state index in [4.69, 9.17) is 4.42 Å². The zero-order chi connectivity index (χ0) is 38.5. The van der Waals surface area contributed by atoms with Gasteiger partial charge in [-0.25, -0.2) is 0 Å². The Bertz CT molecular complexity index is 3330. The van der Waals surface area contributed by atoms with Crippen molar-refractivity contribution in [1.29, 1.82) is 0 Å². The Labute approximate surface area is 337 Å². The quantitative estimate of drug-likeness (QED) is 0.175. The summed E-state index contributed by atoms with van der Waals surface area (Å²) in [6.07, 6.45) is 6.54. The molecule has 0 saturated heterocycles. The third-order valence-electron chi connectivity index (χ3n) is 12.8. The average Bonchev–Trinajstić information content (AvgIpc) is 3.88. The van der Waals surface area contributed by atoms with E-state index in [1.54, 1.807) is 0 Å². The van der Waals surface area contributed by atoms with Crippen LogP contribution in [0.4, 0.5) is 11.4 Å². The number of benzene rings is 8. The molecule has 0 aliphatic heterocycles. The van der Waals surface area contributed by atoms with Crippen LogP contribution in [0.5, 0.6) is 0 Å². The van der Waals surface area contributed by atoms with Crippen LogP contribution >= 0.6 is 0 Å². The van der Waals surface area contributed by atoms with Crippen molar-refractivity contribution < 1.29 is 4.42 Å². The van der Waals surface area contributed by atoms with E-state index in [2.05, 4.69) is 205 Å². The van der Waals surface area contributed by atoms with E-state index in [0.29, 0.717) is 0 Å². The number of fused-ring (bicyclic) bond motifs is 10. The summed E-state index contributed by atoms with van der Waals surface area (Å²) in [5.74, 6) is 0. The zero-order valence-electron chi connectivity index (χ0n) is 32.5. The summed E-state index contributed by atoms with van der Waals surface area (Å²) < 4.78 is 8.89. The molecular weight excluding hydrogens is 705 g/mol. The molecule has 2 aliphatic carbocycles. The van der Waals surface area contributed by atoms with Crippen molar-refractivity contribution in [3.05, 3.63) is 204 Å². The first-order valence-corrected chi connectivity index (χ1v) is 20.4. The monoisotopic (exact) mass is 744 g/mol. The Morgan fingerprint density at radius 1 is 0.534 bits per heavy atom. The predicted molar refractivity (Wildman–Crippen MR) is 243 cm³/mol. The largest absolute Gasteiger partial charge is 0.456 e. The normalized spacial score (nSPS) is 14.6. The lowest BCUT2D eigenvalue weighted by Crippen LogP contribution is -2.21. The maximum absolute atomic E-state index is 6.47. The lowest BCUT2D eigenvalue weighted by atomic mass is 9.82. The smallest absolute Gasteiger partial charge is 0.136 e. The Morgan fingerprint density at radius 2 is 1.22 bits per heavy atom. The van der Waals surface area contributed by atoms with Crippen LogP contribution in [0.15, 0.2) is 192 Å². The number of anilines is 2. The van der Waals surface area contributed by atoms with Crippen LogP contribution in [0.3, 0.4) is 0 Å². The molecule has 3 heteroatoms. The topological polar surface area (TPSA) is 21.3 Å². The number of allylic oxidation sites excluding steroid dienone is 4. The number of aromatic nitrogens is 1. The van der Waals surface area contributed by atoms with Gasteiger partial charge in [-0.15, -0.1) is 0 Å². The van der Waals surface area contributed by atoms with Gasteiger partial charge in [0, 0.05) is 55.3 Å². The molecule has 0 spiro atoms. The molecule has 0 bridgehead atoms. The molecule has 0 fully saturated rings. The highest BCUT2D eigenvalue weighted by atomic mass is 16.3. The van der Waals surface area contributed by atoms with Crippen LogP contribution in [0.25, 0.3) is 76.9 Å². The summed E-state index contributed by atoms with van der Waals surface area (Å²) in [4.78, 5) is 2.54. The Balaban J connectivity index is 1.09. The summed E-state index contributed by atoms with van der Waals surface area (Å²) in [7, 11) is 0. The third-order valence-corrected chi connectivity index (χ3v) is 12.8. The van der Waals surface area contributed by atoms with Crippen LogP contribution in [0.1, 0.15) is 43.4 Å². The van der Waals surface area contributed by atoms with E-state index in [9.17, 15) is 0 Å². The standard InChI is InChI=1S/C55H40N2O/c1-55(2)48-22-9-5-19-42(48)43-28-27-40(34-49(43)55)56(38-16-13-17-39(33-38)57-51-24-11-7-20-44(51)45-21-8-12-25-52(45)57)50-23-10-6-18-41(50)37-26-29-53-46(31-37)47-30-35-14-3-4-15-36(35)32-54(47)58-53/h3-9,11-22,24-34H,10,23H2,1-2H3. The summed E-state index contributed by atoms with van der Waals surface area (Å²) in [6, 6.07) is 62.5. The molecule has 2 aliphatic rings. The lowest BCUT2D eigenvalue weighted by Gasteiger charge is -2.33. The molecule has 3 nitrogen and oxygen atoms in total. The van der Waals surface area contributed by atoms with Crippen molar-refractivity contribution in [3.63, 3.8) is 0 Å². The van der Waals surface area contributed by atoms with Crippen molar-refractivity contribution in [2.24, 2.45) is 0 Å². The van der Waals surface area contributed by atoms with E-state index >= 15 is 0 Å². The first-order valence-electron chi connectivity index (χ1n) is 20.4. The maximum Gasteiger partial charge on any atom is 0.136 e. The van der Waals surface area contributed by atoms with E-state index < -0.39 is 0 Å². The number of nitrogens with zero attached hydrogens (tertiary/aromatic N) is 2. The molecule has 0 radical (unpaired) electrons. The maximum atomic E-state index is 6.47. The fraction of sp³-hybridized carbons (Fsp3) is 0.0909. The van der Waals surface area contributed by atoms with Gasteiger partial charge in [0.15, 0.2) is 0 Å². The lowest BCUT2D eigenvalue weighted by molar-refractivity contribution is 0.660. The fourth-order valence-corrected chi connectivity index (χ4v) is 10.0.